The van der Waals surface area contributed by atoms with Crippen LogP contribution in [-0.2, 0) is 5.41 Å². The van der Waals surface area contributed by atoms with Gasteiger partial charge in [0.1, 0.15) is 5.75 Å². The summed E-state index contributed by atoms with van der Waals surface area (Å²) in [6, 6.07) is 6.61. The molecule has 1 spiro atoms. The lowest BCUT2D eigenvalue weighted by atomic mass is 9.59. The molecule has 2 nitrogen and oxygen atoms in total. The Morgan fingerprint density at radius 1 is 1.23 bits per heavy atom. The highest BCUT2D eigenvalue weighted by atomic mass is 16.3. The number of aromatic hydroxyl groups is 1. The molecule has 1 saturated carbocycles. The van der Waals surface area contributed by atoms with Crippen LogP contribution in [0.1, 0.15) is 43.2 Å². The second-order valence-corrected chi connectivity index (χ2v) is 7.63. The van der Waals surface area contributed by atoms with Crippen molar-refractivity contribution in [3.63, 3.8) is 0 Å². The summed E-state index contributed by atoms with van der Waals surface area (Å²) in [5.41, 5.74) is 4.31. The van der Waals surface area contributed by atoms with Crippen molar-refractivity contribution in [3.8, 4) is 5.75 Å². The summed E-state index contributed by atoms with van der Waals surface area (Å²) in [5, 5.41) is 10.00. The van der Waals surface area contributed by atoms with E-state index in [4.69, 9.17) is 0 Å². The molecule has 4 aliphatic rings. The van der Waals surface area contributed by atoms with Crippen LogP contribution < -0.4 is 0 Å². The summed E-state index contributed by atoms with van der Waals surface area (Å²) in [6.45, 7) is 2.52. The Labute approximate surface area is 132 Å². The number of piperidine rings is 1. The summed E-state index contributed by atoms with van der Waals surface area (Å²) >= 11 is 0. The first-order valence-electron chi connectivity index (χ1n) is 8.71. The fourth-order valence-corrected chi connectivity index (χ4v) is 4.89. The number of nitrogens with zero attached hydrogens (tertiary/aromatic N) is 1. The van der Waals surface area contributed by atoms with Crippen LogP contribution in [0.3, 0.4) is 0 Å². The molecule has 5 rings (SSSR count). The third-order valence-electron chi connectivity index (χ3n) is 6.27. The minimum atomic E-state index is 0.159. The van der Waals surface area contributed by atoms with Gasteiger partial charge in [0, 0.05) is 18.0 Å². The second kappa shape index (κ2) is 4.48. The van der Waals surface area contributed by atoms with E-state index in [0.29, 0.717) is 11.8 Å². The van der Waals surface area contributed by atoms with Gasteiger partial charge in [0.15, 0.2) is 0 Å². The molecule has 0 amide bonds. The molecule has 22 heavy (non-hydrogen) atoms. The molecule has 3 aliphatic carbocycles. The minimum absolute atomic E-state index is 0.159. The Bertz CT molecular complexity index is 685. The maximum Gasteiger partial charge on any atom is 0.115 e. The number of fused-ring (bicyclic) bond motifs is 2. The predicted octanol–water partition coefficient (Wildman–Crippen LogP) is 3.86. The van der Waals surface area contributed by atoms with Gasteiger partial charge in [-0.2, -0.15) is 0 Å². The van der Waals surface area contributed by atoms with Crippen LogP contribution in [0.25, 0.3) is 6.08 Å². The topological polar surface area (TPSA) is 23.5 Å². The smallest absolute Gasteiger partial charge is 0.115 e. The zero-order valence-electron chi connectivity index (χ0n) is 13.0. The summed E-state index contributed by atoms with van der Waals surface area (Å²) in [5.74, 6) is 1.38. The van der Waals surface area contributed by atoms with Crippen molar-refractivity contribution in [2.75, 3.05) is 13.1 Å². The molecule has 1 aromatic rings. The Morgan fingerprint density at radius 3 is 3.00 bits per heavy atom. The summed E-state index contributed by atoms with van der Waals surface area (Å²) in [4.78, 5) is 2.75. The van der Waals surface area contributed by atoms with Crippen molar-refractivity contribution in [1.82, 2.24) is 4.90 Å². The molecule has 114 valence electrons. The number of likely N-dealkylation sites (tertiary alicyclic amines) is 1. The fraction of sp³-hybridized carbons (Fsp3) is 0.500. The van der Waals surface area contributed by atoms with E-state index in [9.17, 15) is 5.11 Å². The van der Waals surface area contributed by atoms with Crippen molar-refractivity contribution in [3.05, 3.63) is 47.1 Å². The molecule has 2 fully saturated rings. The normalized spacial score (nSPS) is 33.1. The average Bonchev–Trinajstić information content (AvgIpc) is 3.34. The highest BCUT2D eigenvalue weighted by Crippen LogP contribution is 2.52. The summed E-state index contributed by atoms with van der Waals surface area (Å²) in [7, 11) is 0. The Kier molecular flexibility index (Phi) is 2.64. The molecule has 1 heterocycles. The number of benzene rings is 1. The van der Waals surface area contributed by atoms with E-state index in [1.165, 1.54) is 61.9 Å². The minimum Gasteiger partial charge on any atom is -0.508 e. The molecule has 2 bridgehead atoms. The maximum atomic E-state index is 10.00. The average molecular weight is 293 g/mol. The lowest BCUT2D eigenvalue weighted by Crippen LogP contribution is -2.52. The van der Waals surface area contributed by atoms with Gasteiger partial charge in [-0.25, -0.2) is 0 Å². The van der Waals surface area contributed by atoms with E-state index in [2.05, 4.69) is 29.2 Å². The van der Waals surface area contributed by atoms with Crippen LogP contribution in [0.2, 0.25) is 0 Å². The second-order valence-electron chi connectivity index (χ2n) is 7.63. The van der Waals surface area contributed by atoms with Gasteiger partial charge in [-0.15, -0.1) is 0 Å². The lowest BCUT2D eigenvalue weighted by molar-refractivity contribution is 0.0946. The molecule has 2 unspecified atom stereocenters. The maximum absolute atomic E-state index is 10.00. The van der Waals surface area contributed by atoms with Gasteiger partial charge in [0.05, 0.1) is 0 Å². The van der Waals surface area contributed by atoms with E-state index in [-0.39, 0.29) is 5.41 Å². The molecule has 0 radical (unpaired) electrons. The molecule has 0 aromatic heterocycles. The zero-order chi connectivity index (χ0) is 14.7. The van der Waals surface area contributed by atoms with Gasteiger partial charge in [0.25, 0.3) is 0 Å². The molecule has 1 aliphatic heterocycles. The Hall–Kier alpha value is -1.54. The van der Waals surface area contributed by atoms with Gasteiger partial charge in [-0.05, 0) is 73.4 Å². The van der Waals surface area contributed by atoms with Crippen molar-refractivity contribution in [2.24, 2.45) is 5.92 Å². The van der Waals surface area contributed by atoms with Crippen LogP contribution in [0.4, 0.5) is 0 Å². The van der Waals surface area contributed by atoms with Gasteiger partial charge in [-0.3, -0.25) is 4.90 Å². The van der Waals surface area contributed by atoms with E-state index in [0.717, 1.165) is 5.92 Å². The van der Waals surface area contributed by atoms with Crippen LogP contribution >= 0.6 is 0 Å². The Balaban J connectivity index is 1.56. The molecule has 1 N–H and O–H groups in total. The van der Waals surface area contributed by atoms with Crippen molar-refractivity contribution in [2.45, 2.75) is 43.6 Å². The first-order valence-corrected chi connectivity index (χ1v) is 8.71. The van der Waals surface area contributed by atoms with E-state index in [1.807, 2.05) is 12.1 Å². The molecule has 1 saturated heterocycles. The van der Waals surface area contributed by atoms with Crippen LogP contribution in [-0.4, -0.2) is 29.1 Å². The van der Waals surface area contributed by atoms with E-state index >= 15 is 0 Å². The number of phenols is 1. The largest absolute Gasteiger partial charge is 0.508 e. The van der Waals surface area contributed by atoms with E-state index in [1.54, 1.807) is 0 Å². The van der Waals surface area contributed by atoms with Gasteiger partial charge in [-0.1, -0.05) is 24.3 Å². The van der Waals surface area contributed by atoms with Crippen molar-refractivity contribution < 1.29 is 5.11 Å². The third kappa shape index (κ3) is 1.83. The lowest BCUT2D eigenvalue weighted by Gasteiger charge is -2.52. The first-order chi connectivity index (χ1) is 10.7. The molecule has 1 aromatic carbocycles. The first kappa shape index (κ1) is 13.0. The SMILES string of the molecule is Oc1ccc2c(c1)C13CCN(CC4CC4)C(CC=C1C=C2)C3. The van der Waals surface area contributed by atoms with Crippen LogP contribution in [0.5, 0.6) is 5.75 Å². The van der Waals surface area contributed by atoms with Gasteiger partial charge in [0.2, 0.25) is 0 Å². The van der Waals surface area contributed by atoms with E-state index < -0.39 is 0 Å². The highest BCUT2D eigenvalue weighted by Gasteiger charge is 2.47. The molecule has 2 heteroatoms. The molecular weight excluding hydrogens is 270 g/mol. The summed E-state index contributed by atoms with van der Waals surface area (Å²) in [6.07, 6.45) is 13.5. The number of hydrogen-bond donors (Lipinski definition) is 1. The van der Waals surface area contributed by atoms with Crippen LogP contribution in [0, 0.1) is 5.92 Å². The number of rotatable bonds is 2. The van der Waals surface area contributed by atoms with Gasteiger partial charge >= 0.3 is 0 Å². The van der Waals surface area contributed by atoms with Crippen molar-refractivity contribution >= 4 is 6.08 Å². The standard InChI is InChI=1S/C20H23NO/c22-18-8-4-15-3-5-16-6-7-17-12-20(16,19(15)11-18)9-10-21(17)13-14-1-2-14/h3-6,8,11,14,17,22H,1-2,7,9-10,12-13H2. The highest BCUT2D eigenvalue weighted by molar-refractivity contribution is 5.68. The predicted molar refractivity (Wildman–Crippen MR) is 88.8 cm³/mol. The molecular formula is C20H23NO. The number of hydrogen-bond acceptors (Lipinski definition) is 2. The Morgan fingerprint density at radius 2 is 2.14 bits per heavy atom. The van der Waals surface area contributed by atoms with Crippen LogP contribution in [0.15, 0.2) is 35.9 Å². The van der Waals surface area contributed by atoms with Crippen molar-refractivity contribution in [1.29, 1.82) is 0 Å². The fourth-order valence-electron chi connectivity index (χ4n) is 4.89. The third-order valence-corrected chi connectivity index (χ3v) is 6.27. The number of allylic oxidation sites excluding steroid dienone is 2. The molecule has 2 atom stereocenters. The number of phenolic OH excluding ortho intramolecular Hbond substituents is 1. The zero-order valence-corrected chi connectivity index (χ0v) is 13.0. The monoisotopic (exact) mass is 293 g/mol. The van der Waals surface area contributed by atoms with Gasteiger partial charge < -0.3 is 5.11 Å². The summed E-state index contributed by atoms with van der Waals surface area (Å²) < 4.78 is 0. The quantitative estimate of drug-likeness (QED) is 0.895.